The highest BCUT2D eigenvalue weighted by molar-refractivity contribution is 4.96. The van der Waals surface area contributed by atoms with Gasteiger partial charge in [-0.25, -0.2) is 0 Å². The van der Waals surface area contributed by atoms with E-state index < -0.39 is 0 Å². The maximum Gasteiger partial charge on any atom is 0.0672 e. The van der Waals surface area contributed by atoms with E-state index in [9.17, 15) is 0 Å². The van der Waals surface area contributed by atoms with Gasteiger partial charge in [-0.05, 0) is 52.9 Å². The molecule has 1 N–H and O–H groups in total. The van der Waals surface area contributed by atoms with Crippen molar-refractivity contribution in [2.75, 3.05) is 27.2 Å². The lowest BCUT2D eigenvalue weighted by atomic mass is 10.1. The Bertz CT molecular complexity index is 207. The number of hydrogen-bond acceptors (Lipinski definition) is 3. The summed E-state index contributed by atoms with van der Waals surface area (Å²) < 4.78 is 0. The van der Waals surface area contributed by atoms with Gasteiger partial charge in [-0.1, -0.05) is 6.42 Å². The van der Waals surface area contributed by atoms with E-state index in [4.69, 9.17) is 5.26 Å². The molecule has 1 aliphatic rings. The van der Waals surface area contributed by atoms with Gasteiger partial charge in [0.25, 0.3) is 0 Å². The molecule has 0 saturated heterocycles. The second kappa shape index (κ2) is 6.81. The quantitative estimate of drug-likeness (QED) is 0.676. The molecule has 2 atom stereocenters. The zero-order valence-electron chi connectivity index (χ0n) is 10.00. The van der Waals surface area contributed by atoms with E-state index >= 15 is 0 Å². The number of hydrogen-bond donors (Lipinski definition) is 1. The summed E-state index contributed by atoms with van der Waals surface area (Å²) in [6.07, 6.45) is 5.95. The monoisotopic (exact) mass is 209 g/mol. The minimum Gasteiger partial charge on any atom is -0.313 e. The fourth-order valence-corrected chi connectivity index (χ4v) is 2.20. The number of nitriles is 1. The van der Waals surface area contributed by atoms with Crippen LogP contribution in [-0.2, 0) is 0 Å². The third-order valence-corrected chi connectivity index (χ3v) is 3.12. The molecule has 1 saturated carbocycles. The Morgan fingerprint density at radius 3 is 2.80 bits per heavy atom. The van der Waals surface area contributed by atoms with Crippen molar-refractivity contribution < 1.29 is 0 Å². The summed E-state index contributed by atoms with van der Waals surface area (Å²) in [4.78, 5) is 2.22. The first-order valence-electron chi connectivity index (χ1n) is 6.01. The summed E-state index contributed by atoms with van der Waals surface area (Å²) >= 11 is 0. The third-order valence-electron chi connectivity index (χ3n) is 3.12. The Balaban J connectivity index is 2.02. The van der Waals surface area contributed by atoms with Gasteiger partial charge >= 0.3 is 0 Å². The summed E-state index contributed by atoms with van der Waals surface area (Å²) in [7, 11) is 4.21. The van der Waals surface area contributed by atoms with Gasteiger partial charge in [-0.2, -0.15) is 5.26 Å². The highest BCUT2D eigenvalue weighted by atomic mass is 15.0. The summed E-state index contributed by atoms with van der Waals surface area (Å²) in [6.45, 7) is 2.23. The smallest absolute Gasteiger partial charge is 0.0672 e. The lowest BCUT2D eigenvalue weighted by molar-refractivity contribution is 0.383. The van der Waals surface area contributed by atoms with Gasteiger partial charge in [-0.3, -0.25) is 0 Å². The normalized spacial score (nSPS) is 25.7. The molecule has 1 rings (SSSR count). The molecule has 1 aliphatic carbocycles. The predicted octanol–water partition coefficient (Wildman–Crippen LogP) is 1.61. The Labute approximate surface area is 93.5 Å². The average Bonchev–Trinajstić information content (AvgIpc) is 2.64. The lowest BCUT2D eigenvalue weighted by Gasteiger charge is -2.15. The first kappa shape index (κ1) is 12.5. The van der Waals surface area contributed by atoms with Crippen molar-refractivity contribution in [1.29, 1.82) is 5.26 Å². The topological polar surface area (TPSA) is 39.1 Å². The maximum absolute atomic E-state index is 8.92. The van der Waals surface area contributed by atoms with Crippen molar-refractivity contribution in [2.24, 2.45) is 5.92 Å². The molecule has 0 spiro atoms. The van der Waals surface area contributed by atoms with Crippen LogP contribution in [0.3, 0.4) is 0 Å². The Morgan fingerprint density at radius 2 is 2.13 bits per heavy atom. The summed E-state index contributed by atoms with van der Waals surface area (Å²) in [5, 5.41) is 12.4. The Kier molecular flexibility index (Phi) is 5.67. The third kappa shape index (κ3) is 4.63. The average molecular weight is 209 g/mol. The minimum atomic E-state index is 0.263. The summed E-state index contributed by atoms with van der Waals surface area (Å²) in [6, 6.07) is 2.87. The van der Waals surface area contributed by atoms with E-state index in [1.165, 1.54) is 25.7 Å². The fourth-order valence-electron chi connectivity index (χ4n) is 2.20. The first-order valence-corrected chi connectivity index (χ1v) is 6.01. The van der Waals surface area contributed by atoms with Crippen molar-refractivity contribution in [1.82, 2.24) is 10.2 Å². The molecular weight excluding hydrogens is 186 g/mol. The van der Waals surface area contributed by atoms with Crippen LogP contribution in [0.4, 0.5) is 0 Å². The van der Waals surface area contributed by atoms with Gasteiger partial charge in [0.2, 0.25) is 0 Å². The number of unbranched alkanes of at least 4 members (excludes halogenated alkanes) is 1. The first-order chi connectivity index (χ1) is 7.24. The largest absolute Gasteiger partial charge is 0.313 e. The molecule has 3 heteroatoms. The number of nitrogens with one attached hydrogen (secondary N) is 1. The Morgan fingerprint density at radius 1 is 1.33 bits per heavy atom. The van der Waals surface area contributed by atoms with E-state index in [2.05, 4.69) is 30.4 Å². The zero-order valence-corrected chi connectivity index (χ0v) is 10.00. The molecule has 15 heavy (non-hydrogen) atoms. The molecule has 1 fully saturated rings. The molecule has 0 aliphatic heterocycles. The highest BCUT2D eigenvalue weighted by Crippen LogP contribution is 2.24. The van der Waals surface area contributed by atoms with Crippen molar-refractivity contribution >= 4 is 0 Å². The summed E-state index contributed by atoms with van der Waals surface area (Å²) in [5.74, 6) is 0.263. The molecular formula is C12H23N3. The maximum atomic E-state index is 8.92. The van der Waals surface area contributed by atoms with Gasteiger partial charge in [0.15, 0.2) is 0 Å². The van der Waals surface area contributed by atoms with Crippen LogP contribution in [-0.4, -0.2) is 38.1 Å². The van der Waals surface area contributed by atoms with Crippen LogP contribution in [0.25, 0.3) is 0 Å². The molecule has 3 nitrogen and oxygen atoms in total. The number of nitrogens with zero attached hydrogens (tertiary/aromatic N) is 2. The van der Waals surface area contributed by atoms with Crippen LogP contribution >= 0.6 is 0 Å². The van der Waals surface area contributed by atoms with Gasteiger partial charge in [-0.15, -0.1) is 0 Å². The highest BCUT2D eigenvalue weighted by Gasteiger charge is 2.25. The molecule has 0 heterocycles. The molecule has 0 bridgehead atoms. The van der Waals surface area contributed by atoms with Gasteiger partial charge in [0.1, 0.15) is 0 Å². The van der Waals surface area contributed by atoms with Crippen LogP contribution in [0.1, 0.15) is 32.1 Å². The van der Waals surface area contributed by atoms with Gasteiger partial charge in [0.05, 0.1) is 12.0 Å². The van der Waals surface area contributed by atoms with Crippen LogP contribution in [0.15, 0.2) is 0 Å². The standard InChI is InChI=1S/C12H23N3/c1-15(2)9-4-3-8-14-12-7-5-6-11(12)10-13/h11-12,14H,3-9H2,1-2H3. The second-order valence-corrected chi connectivity index (χ2v) is 4.74. The number of rotatable bonds is 6. The fraction of sp³-hybridized carbons (Fsp3) is 0.917. The summed E-state index contributed by atoms with van der Waals surface area (Å²) in [5.41, 5.74) is 0. The predicted molar refractivity (Wildman–Crippen MR) is 62.5 cm³/mol. The molecule has 0 radical (unpaired) electrons. The van der Waals surface area contributed by atoms with E-state index in [0.717, 1.165) is 19.5 Å². The molecule has 86 valence electrons. The van der Waals surface area contributed by atoms with E-state index in [0.29, 0.717) is 6.04 Å². The van der Waals surface area contributed by atoms with Crippen molar-refractivity contribution in [3.8, 4) is 6.07 Å². The molecule has 2 unspecified atom stereocenters. The van der Waals surface area contributed by atoms with Crippen LogP contribution in [0.2, 0.25) is 0 Å². The molecule has 0 aromatic carbocycles. The van der Waals surface area contributed by atoms with E-state index in [-0.39, 0.29) is 5.92 Å². The van der Waals surface area contributed by atoms with Crippen LogP contribution in [0, 0.1) is 17.2 Å². The molecule has 0 aromatic heterocycles. The molecule has 0 aromatic rings. The SMILES string of the molecule is CN(C)CCCCNC1CCCC1C#N. The lowest BCUT2D eigenvalue weighted by Crippen LogP contribution is -2.32. The zero-order chi connectivity index (χ0) is 11.1. The van der Waals surface area contributed by atoms with E-state index in [1.54, 1.807) is 0 Å². The van der Waals surface area contributed by atoms with E-state index in [1.807, 2.05) is 0 Å². The second-order valence-electron chi connectivity index (χ2n) is 4.74. The van der Waals surface area contributed by atoms with Gasteiger partial charge < -0.3 is 10.2 Å². The minimum absolute atomic E-state index is 0.263. The van der Waals surface area contributed by atoms with Gasteiger partial charge in [0, 0.05) is 6.04 Å². The van der Waals surface area contributed by atoms with Crippen molar-refractivity contribution in [3.63, 3.8) is 0 Å². The molecule has 0 amide bonds. The van der Waals surface area contributed by atoms with Crippen LogP contribution in [0.5, 0.6) is 0 Å². The van der Waals surface area contributed by atoms with Crippen LogP contribution < -0.4 is 5.32 Å². The van der Waals surface area contributed by atoms with Crippen molar-refractivity contribution in [3.05, 3.63) is 0 Å². The van der Waals surface area contributed by atoms with Crippen molar-refractivity contribution in [2.45, 2.75) is 38.1 Å². The Hall–Kier alpha value is -0.590.